The fourth-order valence-corrected chi connectivity index (χ4v) is 2.87. The van der Waals surface area contributed by atoms with E-state index in [4.69, 9.17) is 22.1 Å². The molecule has 104 valence electrons. The lowest BCUT2D eigenvalue weighted by atomic mass is 10.2. The topological polar surface area (TPSA) is 76.3 Å². The van der Waals surface area contributed by atoms with Crippen molar-refractivity contribution in [3.8, 4) is 0 Å². The first kappa shape index (κ1) is 12.9. The highest BCUT2D eigenvalue weighted by molar-refractivity contribution is 6.32. The summed E-state index contributed by atoms with van der Waals surface area (Å²) < 4.78 is 5.86. The maximum absolute atomic E-state index is 5.86. The molecule has 1 aromatic rings. The van der Waals surface area contributed by atoms with E-state index < -0.39 is 0 Å². The van der Waals surface area contributed by atoms with Gasteiger partial charge < -0.3 is 15.8 Å². The summed E-state index contributed by atoms with van der Waals surface area (Å²) in [7, 11) is 0. The molecule has 0 aliphatic carbocycles. The first-order valence-electron chi connectivity index (χ1n) is 6.59. The van der Waals surface area contributed by atoms with Crippen LogP contribution in [0.25, 0.3) is 0 Å². The van der Waals surface area contributed by atoms with Crippen LogP contribution in [0, 0.1) is 0 Å². The molecule has 7 heteroatoms. The third-order valence-electron chi connectivity index (χ3n) is 3.79. The average molecular weight is 284 g/mol. The predicted octanol–water partition coefficient (Wildman–Crippen LogP) is 0.987. The molecule has 0 spiro atoms. The van der Waals surface area contributed by atoms with Gasteiger partial charge >= 0.3 is 0 Å². The van der Waals surface area contributed by atoms with Crippen molar-refractivity contribution < 1.29 is 4.74 Å². The Morgan fingerprint density at radius 1 is 1.53 bits per heavy atom. The number of nitrogens with two attached hydrogens (primary N) is 1. The second kappa shape index (κ2) is 5.48. The Bertz CT molecular complexity index is 458. The van der Waals surface area contributed by atoms with Gasteiger partial charge in [0.05, 0.1) is 12.7 Å². The van der Waals surface area contributed by atoms with Crippen LogP contribution in [0.2, 0.25) is 5.15 Å². The molecule has 3 heterocycles. The molecule has 2 atom stereocenters. The molecule has 19 heavy (non-hydrogen) atoms. The largest absolute Gasteiger partial charge is 0.393 e. The number of hydrogen-bond donors (Lipinski definition) is 2. The lowest BCUT2D eigenvalue weighted by Crippen LogP contribution is -2.48. The lowest BCUT2D eigenvalue weighted by Gasteiger charge is -2.35. The van der Waals surface area contributed by atoms with Crippen molar-refractivity contribution in [2.24, 2.45) is 0 Å². The number of halogens is 1. The van der Waals surface area contributed by atoms with Crippen molar-refractivity contribution in [1.82, 2.24) is 14.9 Å². The monoisotopic (exact) mass is 283 g/mol. The van der Waals surface area contributed by atoms with E-state index in [1.165, 1.54) is 25.7 Å². The first-order valence-corrected chi connectivity index (χ1v) is 6.97. The maximum atomic E-state index is 5.86. The number of rotatable bonds is 3. The molecule has 6 nitrogen and oxygen atoms in total. The van der Waals surface area contributed by atoms with Crippen LogP contribution >= 0.6 is 11.6 Å². The normalized spacial score (nSPS) is 27.2. The van der Waals surface area contributed by atoms with Gasteiger partial charge in [-0.05, 0) is 19.4 Å². The third kappa shape index (κ3) is 2.75. The van der Waals surface area contributed by atoms with Gasteiger partial charge in [0, 0.05) is 19.1 Å². The SMILES string of the molecule is Nc1c(Cl)ncnc1NCC1CN2CCCC2CO1. The highest BCUT2D eigenvalue weighted by Crippen LogP contribution is 2.24. The third-order valence-corrected chi connectivity index (χ3v) is 4.10. The van der Waals surface area contributed by atoms with Crippen LogP contribution in [-0.2, 0) is 4.74 Å². The zero-order chi connectivity index (χ0) is 13.2. The predicted molar refractivity (Wildman–Crippen MR) is 74.3 cm³/mol. The van der Waals surface area contributed by atoms with Gasteiger partial charge in [-0.1, -0.05) is 11.6 Å². The number of anilines is 2. The van der Waals surface area contributed by atoms with Crippen molar-refractivity contribution in [3.63, 3.8) is 0 Å². The Balaban J connectivity index is 1.56. The van der Waals surface area contributed by atoms with Gasteiger partial charge in [0.1, 0.15) is 12.0 Å². The summed E-state index contributed by atoms with van der Waals surface area (Å²) in [4.78, 5) is 10.4. The molecular weight excluding hydrogens is 266 g/mol. The van der Waals surface area contributed by atoms with E-state index in [0.29, 0.717) is 24.1 Å². The number of nitrogens with zero attached hydrogens (tertiary/aromatic N) is 3. The van der Waals surface area contributed by atoms with E-state index in [9.17, 15) is 0 Å². The van der Waals surface area contributed by atoms with Gasteiger partial charge in [-0.2, -0.15) is 0 Å². The Morgan fingerprint density at radius 2 is 2.42 bits per heavy atom. The number of nitrogen functional groups attached to an aromatic ring is 1. The molecule has 0 aromatic carbocycles. The van der Waals surface area contributed by atoms with Crippen LogP contribution in [0.1, 0.15) is 12.8 Å². The summed E-state index contributed by atoms with van der Waals surface area (Å²) in [5, 5.41) is 3.47. The Kier molecular flexibility index (Phi) is 3.72. The zero-order valence-electron chi connectivity index (χ0n) is 10.7. The van der Waals surface area contributed by atoms with E-state index in [0.717, 1.165) is 13.2 Å². The van der Waals surface area contributed by atoms with Gasteiger partial charge in [0.15, 0.2) is 11.0 Å². The van der Waals surface area contributed by atoms with E-state index in [1.54, 1.807) is 0 Å². The highest BCUT2D eigenvalue weighted by Gasteiger charge is 2.32. The van der Waals surface area contributed by atoms with Crippen molar-refractivity contribution in [2.75, 3.05) is 37.3 Å². The van der Waals surface area contributed by atoms with E-state index in [-0.39, 0.29) is 11.3 Å². The number of fused-ring (bicyclic) bond motifs is 1. The fraction of sp³-hybridized carbons (Fsp3) is 0.667. The number of aromatic nitrogens is 2. The zero-order valence-corrected chi connectivity index (χ0v) is 11.4. The fourth-order valence-electron chi connectivity index (χ4n) is 2.73. The molecule has 2 aliphatic rings. The molecule has 2 aliphatic heterocycles. The molecule has 0 saturated carbocycles. The quantitative estimate of drug-likeness (QED) is 0.806. The summed E-state index contributed by atoms with van der Waals surface area (Å²) in [6.45, 7) is 3.66. The Hall–Kier alpha value is -1.11. The molecule has 0 radical (unpaired) electrons. The summed E-state index contributed by atoms with van der Waals surface area (Å²) in [6, 6.07) is 0.620. The van der Waals surface area contributed by atoms with Gasteiger partial charge in [0.25, 0.3) is 0 Å². The van der Waals surface area contributed by atoms with Crippen LogP contribution in [0.3, 0.4) is 0 Å². The van der Waals surface area contributed by atoms with Gasteiger partial charge in [0.2, 0.25) is 0 Å². The Labute approximate surface area is 117 Å². The first-order chi connectivity index (χ1) is 9.24. The van der Waals surface area contributed by atoms with E-state index in [1.807, 2.05) is 0 Å². The summed E-state index contributed by atoms with van der Waals surface area (Å²) in [5.41, 5.74) is 6.20. The maximum Gasteiger partial charge on any atom is 0.157 e. The molecule has 1 aromatic heterocycles. The number of hydrogen-bond acceptors (Lipinski definition) is 6. The standard InChI is InChI=1S/C12H18ClN5O/c13-11-10(14)12(17-7-16-11)15-4-9-5-18-3-1-2-8(18)6-19-9/h7-9H,1-6,14H2,(H,15,16,17). The smallest absolute Gasteiger partial charge is 0.157 e. The van der Waals surface area contributed by atoms with Crippen molar-refractivity contribution in [3.05, 3.63) is 11.5 Å². The number of ether oxygens (including phenoxy) is 1. The van der Waals surface area contributed by atoms with Crippen LogP contribution in [0.4, 0.5) is 11.5 Å². The minimum Gasteiger partial charge on any atom is -0.393 e. The second-order valence-corrected chi connectivity index (χ2v) is 5.41. The summed E-state index contributed by atoms with van der Waals surface area (Å²) in [6.07, 6.45) is 4.11. The molecule has 0 amide bonds. The molecule has 2 saturated heterocycles. The van der Waals surface area contributed by atoms with E-state index >= 15 is 0 Å². The molecule has 0 bridgehead atoms. The molecular formula is C12H18ClN5O. The van der Waals surface area contributed by atoms with Gasteiger partial charge in [-0.25, -0.2) is 9.97 Å². The van der Waals surface area contributed by atoms with Gasteiger partial charge in [-0.15, -0.1) is 0 Å². The number of morpholine rings is 1. The van der Waals surface area contributed by atoms with Crippen molar-refractivity contribution in [1.29, 1.82) is 0 Å². The molecule has 2 unspecified atom stereocenters. The van der Waals surface area contributed by atoms with E-state index in [2.05, 4.69) is 20.2 Å². The Morgan fingerprint density at radius 3 is 3.32 bits per heavy atom. The minimum absolute atomic E-state index is 0.169. The minimum atomic E-state index is 0.169. The molecule has 3 rings (SSSR count). The average Bonchev–Trinajstić information content (AvgIpc) is 2.88. The van der Waals surface area contributed by atoms with Crippen molar-refractivity contribution in [2.45, 2.75) is 25.0 Å². The van der Waals surface area contributed by atoms with Crippen LogP contribution < -0.4 is 11.1 Å². The number of nitrogens with one attached hydrogen (secondary N) is 1. The van der Waals surface area contributed by atoms with Crippen LogP contribution in [0.5, 0.6) is 0 Å². The van der Waals surface area contributed by atoms with Crippen LogP contribution in [-0.4, -0.2) is 53.3 Å². The van der Waals surface area contributed by atoms with Gasteiger partial charge in [-0.3, -0.25) is 4.90 Å². The second-order valence-electron chi connectivity index (χ2n) is 5.05. The molecule has 3 N–H and O–H groups in total. The highest BCUT2D eigenvalue weighted by atomic mass is 35.5. The van der Waals surface area contributed by atoms with Crippen LogP contribution in [0.15, 0.2) is 6.33 Å². The lowest BCUT2D eigenvalue weighted by molar-refractivity contribution is -0.0415. The van der Waals surface area contributed by atoms with Crippen molar-refractivity contribution >= 4 is 23.1 Å². The summed E-state index contributed by atoms with van der Waals surface area (Å²) >= 11 is 5.85. The molecule has 2 fully saturated rings. The summed E-state index contributed by atoms with van der Waals surface area (Å²) in [5.74, 6) is 0.576.